The monoisotopic (exact) mass is 362 g/mol. The average molecular weight is 363 g/mol. The van der Waals surface area contributed by atoms with Crippen LogP contribution in [0.5, 0.6) is 0 Å². The van der Waals surface area contributed by atoms with E-state index in [9.17, 15) is 4.39 Å². The molecular formula is C16H16BrFN4. The lowest BCUT2D eigenvalue weighted by molar-refractivity contribution is 0.353. The Bertz CT molecular complexity index is 684. The zero-order chi connectivity index (χ0) is 15.5. The van der Waals surface area contributed by atoms with Crippen LogP contribution in [0.25, 0.3) is 0 Å². The zero-order valence-corrected chi connectivity index (χ0v) is 13.4. The molecule has 1 aromatic carbocycles. The van der Waals surface area contributed by atoms with Gasteiger partial charge in [0.05, 0.1) is 10.5 Å². The largest absolute Gasteiger partial charge is 0.370 e. The molecule has 0 radical (unpaired) electrons. The standard InChI is InChI=1S/C16H16BrFN4/c17-13-9-10(4-5-14(13)18)11-7-12(8-11)21-16(19)22-15-3-1-2-6-20-15/h1-6,9,11-12H,7-8H2,(H3,19,20,21,22). The highest BCUT2D eigenvalue weighted by Gasteiger charge is 2.30. The van der Waals surface area contributed by atoms with Crippen molar-refractivity contribution in [2.45, 2.75) is 24.8 Å². The maximum Gasteiger partial charge on any atom is 0.194 e. The van der Waals surface area contributed by atoms with Gasteiger partial charge < -0.3 is 11.1 Å². The first-order valence-electron chi connectivity index (χ1n) is 7.08. The first-order chi connectivity index (χ1) is 10.6. The van der Waals surface area contributed by atoms with Gasteiger partial charge in [0.2, 0.25) is 0 Å². The third kappa shape index (κ3) is 3.44. The van der Waals surface area contributed by atoms with Crippen LogP contribution in [0.4, 0.5) is 10.2 Å². The van der Waals surface area contributed by atoms with Crippen LogP contribution in [0.3, 0.4) is 0 Å². The Balaban J connectivity index is 1.56. The van der Waals surface area contributed by atoms with Crippen molar-refractivity contribution in [3.63, 3.8) is 0 Å². The van der Waals surface area contributed by atoms with E-state index < -0.39 is 0 Å². The maximum absolute atomic E-state index is 13.2. The molecule has 0 aliphatic heterocycles. The molecule has 2 aromatic rings. The van der Waals surface area contributed by atoms with Gasteiger partial charge in [0, 0.05) is 6.20 Å². The predicted octanol–water partition coefficient (Wildman–Crippen LogP) is 3.66. The Hall–Kier alpha value is -1.95. The summed E-state index contributed by atoms with van der Waals surface area (Å²) >= 11 is 3.22. The Morgan fingerprint density at radius 2 is 2.14 bits per heavy atom. The van der Waals surface area contributed by atoms with E-state index in [1.807, 2.05) is 30.3 Å². The minimum atomic E-state index is -0.235. The summed E-state index contributed by atoms with van der Waals surface area (Å²) in [5.74, 6) is 1.24. The molecule has 1 fully saturated rings. The molecule has 1 aliphatic carbocycles. The molecule has 1 saturated carbocycles. The fraction of sp³-hybridized carbons (Fsp3) is 0.250. The molecular weight excluding hydrogens is 347 g/mol. The van der Waals surface area contributed by atoms with Crippen LogP contribution in [0.15, 0.2) is 52.1 Å². The lowest BCUT2D eigenvalue weighted by Crippen LogP contribution is -2.31. The third-order valence-corrected chi connectivity index (χ3v) is 4.38. The summed E-state index contributed by atoms with van der Waals surface area (Å²) < 4.78 is 13.7. The number of guanidine groups is 1. The van der Waals surface area contributed by atoms with Crippen molar-refractivity contribution in [2.24, 2.45) is 10.7 Å². The highest BCUT2D eigenvalue weighted by molar-refractivity contribution is 9.10. The summed E-state index contributed by atoms with van der Waals surface area (Å²) in [6.45, 7) is 0. The Kier molecular flexibility index (Phi) is 4.38. The van der Waals surface area contributed by atoms with Crippen molar-refractivity contribution in [2.75, 3.05) is 5.32 Å². The number of aromatic nitrogens is 1. The van der Waals surface area contributed by atoms with E-state index in [1.165, 1.54) is 6.07 Å². The van der Waals surface area contributed by atoms with E-state index in [1.54, 1.807) is 6.20 Å². The summed E-state index contributed by atoms with van der Waals surface area (Å²) in [6, 6.07) is 10.9. The zero-order valence-electron chi connectivity index (χ0n) is 11.8. The van der Waals surface area contributed by atoms with Gasteiger partial charge in [0.25, 0.3) is 0 Å². The number of benzene rings is 1. The first-order valence-corrected chi connectivity index (χ1v) is 7.87. The van der Waals surface area contributed by atoms with Gasteiger partial charge in [-0.3, -0.25) is 0 Å². The molecule has 3 N–H and O–H groups in total. The fourth-order valence-corrected chi connectivity index (χ4v) is 2.93. The first kappa shape index (κ1) is 15.0. The summed E-state index contributed by atoms with van der Waals surface area (Å²) in [7, 11) is 0. The molecule has 4 nitrogen and oxygen atoms in total. The number of pyridine rings is 1. The minimum Gasteiger partial charge on any atom is -0.370 e. The van der Waals surface area contributed by atoms with Crippen molar-refractivity contribution in [1.82, 2.24) is 4.98 Å². The smallest absolute Gasteiger partial charge is 0.194 e. The number of hydrogen-bond donors (Lipinski definition) is 2. The van der Waals surface area contributed by atoms with Crippen molar-refractivity contribution in [1.29, 1.82) is 0 Å². The summed E-state index contributed by atoms with van der Waals surface area (Å²) in [5.41, 5.74) is 7.02. The number of aliphatic imine (C=N–C) groups is 1. The van der Waals surface area contributed by atoms with Crippen molar-refractivity contribution >= 4 is 27.7 Å². The quantitative estimate of drug-likeness (QED) is 0.646. The molecule has 6 heteroatoms. The molecule has 0 saturated heterocycles. The van der Waals surface area contributed by atoms with Crippen molar-refractivity contribution in [3.05, 3.63) is 58.4 Å². The van der Waals surface area contributed by atoms with Gasteiger partial charge in [0.15, 0.2) is 5.96 Å². The van der Waals surface area contributed by atoms with Gasteiger partial charge in [-0.25, -0.2) is 14.4 Å². The lowest BCUT2D eigenvalue weighted by Gasteiger charge is -2.33. The molecule has 3 rings (SSSR count). The Morgan fingerprint density at radius 3 is 2.82 bits per heavy atom. The second-order valence-corrected chi connectivity index (χ2v) is 6.20. The van der Waals surface area contributed by atoms with Crippen LogP contribution >= 0.6 is 15.9 Å². The molecule has 1 heterocycles. The number of hydrogen-bond acceptors (Lipinski definition) is 2. The maximum atomic E-state index is 13.2. The SMILES string of the molecule is NC(=NC1CC(c2ccc(F)c(Br)c2)C1)Nc1ccccn1. The van der Waals surface area contributed by atoms with Crippen LogP contribution in [0, 0.1) is 5.82 Å². The second-order valence-electron chi connectivity index (χ2n) is 5.35. The van der Waals surface area contributed by atoms with E-state index in [0.717, 1.165) is 18.4 Å². The number of nitrogens with one attached hydrogen (secondary N) is 1. The normalized spacial score (nSPS) is 21.3. The molecule has 114 valence electrons. The van der Waals surface area contributed by atoms with Gasteiger partial charge in [-0.15, -0.1) is 0 Å². The molecule has 1 aliphatic rings. The van der Waals surface area contributed by atoms with Gasteiger partial charge in [-0.2, -0.15) is 0 Å². The van der Waals surface area contributed by atoms with Crippen LogP contribution in [-0.4, -0.2) is 17.0 Å². The highest BCUT2D eigenvalue weighted by atomic mass is 79.9. The topological polar surface area (TPSA) is 63.3 Å². The summed E-state index contributed by atoms with van der Waals surface area (Å²) in [6.07, 6.45) is 3.53. The predicted molar refractivity (Wildman–Crippen MR) is 89.3 cm³/mol. The van der Waals surface area contributed by atoms with Crippen LogP contribution in [-0.2, 0) is 0 Å². The average Bonchev–Trinajstić information content (AvgIpc) is 2.47. The van der Waals surface area contributed by atoms with Crippen LogP contribution < -0.4 is 11.1 Å². The molecule has 22 heavy (non-hydrogen) atoms. The number of nitrogens with two attached hydrogens (primary N) is 1. The van der Waals surface area contributed by atoms with Gasteiger partial charge in [-0.1, -0.05) is 12.1 Å². The van der Waals surface area contributed by atoms with Gasteiger partial charge in [-0.05, 0) is 64.5 Å². The van der Waals surface area contributed by atoms with E-state index >= 15 is 0 Å². The fourth-order valence-electron chi connectivity index (χ4n) is 2.53. The van der Waals surface area contributed by atoms with Crippen LogP contribution in [0.1, 0.15) is 24.3 Å². The summed E-state index contributed by atoms with van der Waals surface area (Å²) in [4.78, 5) is 8.59. The van der Waals surface area contributed by atoms with Gasteiger partial charge in [0.1, 0.15) is 11.6 Å². The molecule has 0 unspecified atom stereocenters. The number of rotatable bonds is 3. The molecule has 0 spiro atoms. The van der Waals surface area contributed by atoms with Crippen molar-refractivity contribution in [3.8, 4) is 0 Å². The number of nitrogens with zero attached hydrogens (tertiary/aromatic N) is 2. The third-order valence-electron chi connectivity index (χ3n) is 3.77. The van der Waals surface area contributed by atoms with E-state index in [-0.39, 0.29) is 11.9 Å². The van der Waals surface area contributed by atoms with E-state index in [2.05, 4.69) is 31.2 Å². The minimum absolute atomic E-state index is 0.199. The highest BCUT2D eigenvalue weighted by Crippen LogP contribution is 2.39. The van der Waals surface area contributed by atoms with E-state index in [0.29, 0.717) is 22.2 Å². The molecule has 0 atom stereocenters. The van der Waals surface area contributed by atoms with Gasteiger partial charge >= 0.3 is 0 Å². The van der Waals surface area contributed by atoms with Crippen molar-refractivity contribution < 1.29 is 4.39 Å². The van der Waals surface area contributed by atoms with E-state index in [4.69, 9.17) is 5.73 Å². The summed E-state index contributed by atoms with van der Waals surface area (Å²) in [5, 5.41) is 2.97. The molecule has 0 amide bonds. The Labute approximate surface area is 136 Å². The second kappa shape index (κ2) is 6.44. The number of anilines is 1. The molecule has 0 bridgehead atoms. The Morgan fingerprint density at radius 1 is 1.32 bits per heavy atom. The lowest BCUT2D eigenvalue weighted by atomic mass is 9.76. The molecule has 1 aromatic heterocycles. The number of halogens is 2. The van der Waals surface area contributed by atoms with Crippen LogP contribution in [0.2, 0.25) is 0 Å².